The molecule has 0 saturated heterocycles. The van der Waals surface area contributed by atoms with Gasteiger partial charge in [0.1, 0.15) is 0 Å². The van der Waals surface area contributed by atoms with Gasteiger partial charge in [-0.25, -0.2) is 0 Å². The van der Waals surface area contributed by atoms with Gasteiger partial charge in [-0.05, 0) is 32.8 Å². The summed E-state index contributed by atoms with van der Waals surface area (Å²) in [6, 6.07) is 7.65. The molecule has 1 atom stereocenters. The normalized spacial score (nSPS) is 16.1. The lowest BCUT2D eigenvalue weighted by Gasteiger charge is -2.12. The highest BCUT2D eigenvalue weighted by molar-refractivity contribution is 6.11. The molecule has 0 aliphatic heterocycles. The highest BCUT2D eigenvalue weighted by atomic mass is 16.5. The smallest absolute Gasteiger partial charge is 0.309 e. The molecule has 4 heteroatoms. The largest absolute Gasteiger partial charge is 0.454 e. The molecule has 1 unspecified atom stereocenters. The van der Waals surface area contributed by atoms with Gasteiger partial charge in [0.15, 0.2) is 6.10 Å². The molecular formula is C16H17NO3. The molecule has 3 rings (SSSR count). The van der Waals surface area contributed by atoms with Crippen molar-refractivity contribution in [3.05, 3.63) is 35.5 Å². The lowest BCUT2D eigenvalue weighted by atomic mass is 10.0. The van der Waals surface area contributed by atoms with Gasteiger partial charge in [-0.1, -0.05) is 18.2 Å². The van der Waals surface area contributed by atoms with Gasteiger partial charge in [0.05, 0.1) is 5.92 Å². The number of hydrogen-bond donors (Lipinski definition) is 1. The van der Waals surface area contributed by atoms with Crippen LogP contribution >= 0.6 is 0 Å². The van der Waals surface area contributed by atoms with E-state index >= 15 is 0 Å². The number of para-hydroxylation sites is 1. The molecule has 4 nitrogen and oxygen atoms in total. The predicted octanol–water partition coefficient (Wildman–Crippen LogP) is 3.00. The number of rotatable bonds is 4. The molecule has 0 spiro atoms. The van der Waals surface area contributed by atoms with E-state index in [0.29, 0.717) is 5.56 Å². The summed E-state index contributed by atoms with van der Waals surface area (Å²) >= 11 is 0. The van der Waals surface area contributed by atoms with Crippen molar-refractivity contribution in [2.75, 3.05) is 0 Å². The van der Waals surface area contributed by atoms with Gasteiger partial charge in [0, 0.05) is 22.2 Å². The number of benzene rings is 1. The van der Waals surface area contributed by atoms with Crippen molar-refractivity contribution in [1.82, 2.24) is 4.98 Å². The number of carbonyl (C=O) groups is 2. The fraction of sp³-hybridized carbons (Fsp3) is 0.375. The Bertz CT molecular complexity index is 682. The first-order valence-corrected chi connectivity index (χ1v) is 6.90. The second kappa shape index (κ2) is 4.78. The molecule has 0 amide bonds. The van der Waals surface area contributed by atoms with Gasteiger partial charge < -0.3 is 9.72 Å². The van der Waals surface area contributed by atoms with E-state index in [0.717, 1.165) is 29.4 Å². The Balaban J connectivity index is 1.87. The number of carbonyl (C=O) groups excluding carboxylic acids is 2. The van der Waals surface area contributed by atoms with Crippen LogP contribution in [-0.4, -0.2) is 22.8 Å². The first-order valence-electron chi connectivity index (χ1n) is 6.90. The highest BCUT2D eigenvalue weighted by Crippen LogP contribution is 2.31. The van der Waals surface area contributed by atoms with Crippen LogP contribution in [0.4, 0.5) is 0 Å². The molecule has 20 heavy (non-hydrogen) atoms. The summed E-state index contributed by atoms with van der Waals surface area (Å²) in [5.41, 5.74) is 2.36. The number of ether oxygens (including phenoxy) is 1. The number of esters is 1. The Kier molecular flexibility index (Phi) is 3.08. The summed E-state index contributed by atoms with van der Waals surface area (Å²) in [5, 5.41) is 0.879. The molecule has 1 aromatic carbocycles. The first-order chi connectivity index (χ1) is 9.58. The van der Waals surface area contributed by atoms with Crippen LogP contribution < -0.4 is 0 Å². The number of H-pyrrole nitrogens is 1. The van der Waals surface area contributed by atoms with Gasteiger partial charge in [-0.3, -0.25) is 9.59 Å². The van der Waals surface area contributed by atoms with Crippen LogP contribution in [0, 0.1) is 12.8 Å². The zero-order chi connectivity index (χ0) is 14.3. The third-order valence-electron chi connectivity index (χ3n) is 3.71. The summed E-state index contributed by atoms with van der Waals surface area (Å²) in [4.78, 5) is 27.4. The van der Waals surface area contributed by atoms with Crippen LogP contribution in [0.1, 0.15) is 35.8 Å². The van der Waals surface area contributed by atoms with Crippen molar-refractivity contribution in [3.63, 3.8) is 0 Å². The first kappa shape index (κ1) is 12.9. The van der Waals surface area contributed by atoms with E-state index in [-0.39, 0.29) is 17.7 Å². The molecule has 1 fully saturated rings. The SMILES string of the molecule is Cc1[nH]c2ccccc2c1C(=O)C(C)OC(=O)C1CC1. The molecule has 0 bridgehead atoms. The second-order valence-corrected chi connectivity index (χ2v) is 5.39. The number of Topliss-reactive ketones (excluding diaryl/α,β-unsaturated/α-hetero) is 1. The third-order valence-corrected chi connectivity index (χ3v) is 3.71. The Morgan fingerprint density at radius 2 is 2.00 bits per heavy atom. The van der Waals surface area contributed by atoms with E-state index in [9.17, 15) is 9.59 Å². The molecule has 1 aliphatic rings. The minimum Gasteiger partial charge on any atom is -0.454 e. The summed E-state index contributed by atoms with van der Waals surface area (Å²) in [7, 11) is 0. The van der Waals surface area contributed by atoms with Crippen molar-refractivity contribution in [2.45, 2.75) is 32.8 Å². The standard InChI is InChI=1S/C16H17NO3/c1-9-14(12-5-3-4-6-13(12)17-9)15(18)10(2)20-16(19)11-7-8-11/h3-6,10-11,17H,7-8H2,1-2H3. The minimum absolute atomic E-state index is 0.00863. The van der Waals surface area contributed by atoms with Crippen molar-refractivity contribution in [2.24, 2.45) is 5.92 Å². The van der Waals surface area contributed by atoms with E-state index in [2.05, 4.69) is 4.98 Å². The number of aromatic amines is 1. The average Bonchev–Trinajstić information content (AvgIpc) is 3.20. The number of aromatic nitrogens is 1. The van der Waals surface area contributed by atoms with Crippen LogP contribution in [0.2, 0.25) is 0 Å². The Morgan fingerprint density at radius 1 is 1.30 bits per heavy atom. The number of fused-ring (bicyclic) bond motifs is 1. The summed E-state index contributed by atoms with van der Waals surface area (Å²) in [6.45, 7) is 3.51. The number of hydrogen-bond acceptors (Lipinski definition) is 3. The lowest BCUT2D eigenvalue weighted by Crippen LogP contribution is -2.25. The van der Waals surface area contributed by atoms with E-state index in [1.165, 1.54) is 0 Å². The molecule has 2 aromatic rings. The minimum atomic E-state index is -0.735. The second-order valence-electron chi connectivity index (χ2n) is 5.39. The van der Waals surface area contributed by atoms with Gasteiger partial charge in [-0.15, -0.1) is 0 Å². The number of aryl methyl sites for hydroxylation is 1. The van der Waals surface area contributed by atoms with E-state index < -0.39 is 6.10 Å². The Morgan fingerprint density at radius 3 is 2.70 bits per heavy atom. The van der Waals surface area contributed by atoms with Crippen molar-refractivity contribution >= 4 is 22.7 Å². The fourth-order valence-electron chi connectivity index (χ4n) is 2.44. The number of nitrogens with one attached hydrogen (secondary N) is 1. The molecule has 1 aliphatic carbocycles. The highest BCUT2D eigenvalue weighted by Gasteiger charge is 2.34. The maximum absolute atomic E-state index is 12.5. The van der Waals surface area contributed by atoms with Gasteiger partial charge >= 0.3 is 5.97 Å². The zero-order valence-corrected chi connectivity index (χ0v) is 11.6. The van der Waals surface area contributed by atoms with Gasteiger partial charge in [0.25, 0.3) is 0 Å². The Hall–Kier alpha value is -2.10. The predicted molar refractivity (Wildman–Crippen MR) is 75.6 cm³/mol. The summed E-state index contributed by atoms with van der Waals surface area (Å²) in [6.07, 6.45) is 1.03. The van der Waals surface area contributed by atoms with E-state index in [4.69, 9.17) is 4.74 Å². The summed E-state index contributed by atoms with van der Waals surface area (Å²) in [5.74, 6) is -0.383. The van der Waals surface area contributed by atoms with Crippen LogP contribution in [-0.2, 0) is 9.53 Å². The average molecular weight is 271 g/mol. The van der Waals surface area contributed by atoms with Gasteiger partial charge in [0.2, 0.25) is 5.78 Å². The van der Waals surface area contributed by atoms with Crippen molar-refractivity contribution in [1.29, 1.82) is 0 Å². The quantitative estimate of drug-likeness (QED) is 0.687. The maximum Gasteiger partial charge on any atom is 0.309 e. The van der Waals surface area contributed by atoms with E-state index in [1.54, 1.807) is 6.92 Å². The Labute approximate surface area is 117 Å². The van der Waals surface area contributed by atoms with Crippen molar-refractivity contribution in [3.8, 4) is 0 Å². The monoisotopic (exact) mass is 271 g/mol. The molecule has 1 aromatic heterocycles. The molecule has 0 radical (unpaired) electrons. The molecular weight excluding hydrogens is 254 g/mol. The van der Waals surface area contributed by atoms with Gasteiger partial charge in [-0.2, -0.15) is 0 Å². The summed E-state index contributed by atoms with van der Waals surface area (Å²) < 4.78 is 5.26. The molecule has 1 N–H and O–H groups in total. The van der Waals surface area contributed by atoms with Crippen LogP contribution in [0.5, 0.6) is 0 Å². The van der Waals surface area contributed by atoms with Crippen molar-refractivity contribution < 1.29 is 14.3 Å². The zero-order valence-electron chi connectivity index (χ0n) is 11.6. The molecule has 1 saturated carbocycles. The molecule has 104 valence electrons. The van der Waals surface area contributed by atoms with Crippen LogP contribution in [0.25, 0.3) is 10.9 Å². The van der Waals surface area contributed by atoms with E-state index in [1.807, 2.05) is 31.2 Å². The third kappa shape index (κ3) is 2.22. The fourth-order valence-corrected chi connectivity index (χ4v) is 2.44. The van der Waals surface area contributed by atoms with Crippen LogP contribution in [0.3, 0.4) is 0 Å². The molecule has 1 heterocycles. The lowest BCUT2D eigenvalue weighted by molar-refractivity contribution is -0.147. The maximum atomic E-state index is 12.5. The topological polar surface area (TPSA) is 59.2 Å². The van der Waals surface area contributed by atoms with Crippen LogP contribution in [0.15, 0.2) is 24.3 Å². The number of ketones is 1.